The number of halogens is 1. The summed E-state index contributed by atoms with van der Waals surface area (Å²) < 4.78 is 11.5. The van der Waals surface area contributed by atoms with Gasteiger partial charge in [0.2, 0.25) is 5.91 Å². The molecule has 2 aromatic carbocycles. The first-order chi connectivity index (χ1) is 15.0. The molecule has 1 heterocycles. The molecule has 1 aliphatic carbocycles. The fourth-order valence-electron chi connectivity index (χ4n) is 4.12. The van der Waals surface area contributed by atoms with Gasteiger partial charge in [0.05, 0.1) is 17.7 Å². The van der Waals surface area contributed by atoms with E-state index in [0.717, 1.165) is 24.2 Å². The Morgan fingerprint density at radius 1 is 1.09 bits per heavy atom. The van der Waals surface area contributed by atoms with Crippen LogP contribution in [-0.2, 0) is 15.1 Å². The van der Waals surface area contributed by atoms with E-state index in [1.807, 2.05) is 42.3 Å². The molecule has 172 valence electrons. The van der Waals surface area contributed by atoms with Crippen molar-refractivity contribution in [1.29, 1.82) is 0 Å². The minimum Gasteiger partial charge on any atom is -0.492 e. The zero-order valence-electron chi connectivity index (χ0n) is 18.1. The van der Waals surface area contributed by atoms with E-state index < -0.39 is 17.0 Å². The summed E-state index contributed by atoms with van der Waals surface area (Å²) in [6.45, 7) is 1.94. The summed E-state index contributed by atoms with van der Waals surface area (Å²) in [6.07, 6.45) is 2.29. The lowest BCUT2D eigenvalue weighted by Crippen LogP contribution is -2.60. The van der Waals surface area contributed by atoms with Gasteiger partial charge in [0.1, 0.15) is 17.9 Å². The first-order valence-electron chi connectivity index (χ1n) is 10.6. The van der Waals surface area contributed by atoms with Gasteiger partial charge >= 0.3 is 5.97 Å². The van der Waals surface area contributed by atoms with Gasteiger partial charge in [-0.3, -0.25) is 9.69 Å². The third-order valence-corrected chi connectivity index (χ3v) is 6.38. The molecule has 1 amide bonds. The fraction of sp³-hybridized carbons (Fsp3) is 0.417. The first-order valence-corrected chi connectivity index (χ1v) is 10.6. The van der Waals surface area contributed by atoms with E-state index in [2.05, 4.69) is 5.32 Å². The summed E-state index contributed by atoms with van der Waals surface area (Å²) in [4.78, 5) is 26.6. The Kier molecular flexibility index (Phi) is 7.44. The van der Waals surface area contributed by atoms with Crippen molar-refractivity contribution in [2.24, 2.45) is 0 Å². The second-order valence-corrected chi connectivity index (χ2v) is 8.34. The fourth-order valence-corrected chi connectivity index (χ4v) is 4.12. The van der Waals surface area contributed by atoms with Gasteiger partial charge in [0.15, 0.2) is 0 Å². The number of hydrogen-bond acceptors (Lipinski definition) is 5. The summed E-state index contributed by atoms with van der Waals surface area (Å²) in [5, 5.41) is 12.4. The lowest BCUT2D eigenvalue weighted by molar-refractivity contribution is -0.134. The van der Waals surface area contributed by atoms with E-state index in [9.17, 15) is 9.59 Å². The van der Waals surface area contributed by atoms with E-state index in [-0.39, 0.29) is 23.9 Å². The summed E-state index contributed by atoms with van der Waals surface area (Å²) in [5.74, 6) is -0.201. The van der Waals surface area contributed by atoms with Crippen molar-refractivity contribution in [2.75, 3.05) is 33.4 Å². The third-order valence-electron chi connectivity index (χ3n) is 6.38. The Balaban J connectivity index is 0.00000289. The Labute approximate surface area is 194 Å². The molecule has 4 rings (SSSR count). The minimum absolute atomic E-state index is 0. The van der Waals surface area contributed by atoms with Gasteiger partial charge in [-0.25, -0.2) is 4.79 Å². The highest BCUT2D eigenvalue weighted by Gasteiger charge is 2.52. The van der Waals surface area contributed by atoms with Crippen LogP contribution in [0.4, 0.5) is 0 Å². The zero-order valence-corrected chi connectivity index (χ0v) is 18.9. The molecule has 7 nitrogen and oxygen atoms in total. The molecule has 32 heavy (non-hydrogen) atoms. The highest BCUT2D eigenvalue weighted by Crippen LogP contribution is 2.46. The smallest absolute Gasteiger partial charge is 0.335 e. The number of amides is 1. The van der Waals surface area contributed by atoms with Gasteiger partial charge in [-0.05, 0) is 49.7 Å². The van der Waals surface area contributed by atoms with Crippen LogP contribution < -0.4 is 10.1 Å². The van der Waals surface area contributed by atoms with Crippen molar-refractivity contribution in [3.63, 3.8) is 0 Å². The van der Waals surface area contributed by atoms with Crippen LogP contribution in [0.1, 0.15) is 35.2 Å². The maximum Gasteiger partial charge on any atom is 0.335 e. The molecule has 0 radical (unpaired) electrons. The number of para-hydroxylation sites is 1. The topological polar surface area (TPSA) is 88.1 Å². The maximum absolute atomic E-state index is 13.5. The Morgan fingerprint density at radius 3 is 2.34 bits per heavy atom. The number of rotatable bonds is 9. The van der Waals surface area contributed by atoms with Crippen LogP contribution in [0.25, 0.3) is 0 Å². The number of carboxylic acids is 1. The summed E-state index contributed by atoms with van der Waals surface area (Å²) >= 11 is 0. The monoisotopic (exact) mass is 460 g/mol. The van der Waals surface area contributed by atoms with Gasteiger partial charge < -0.3 is 19.9 Å². The van der Waals surface area contributed by atoms with Gasteiger partial charge in [-0.1, -0.05) is 30.3 Å². The van der Waals surface area contributed by atoms with E-state index in [4.69, 9.17) is 14.6 Å². The second-order valence-electron chi connectivity index (χ2n) is 8.34. The zero-order chi connectivity index (χ0) is 21.9. The van der Waals surface area contributed by atoms with Crippen LogP contribution in [0, 0.1) is 0 Å². The Morgan fingerprint density at radius 2 is 1.78 bits per heavy atom. The van der Waals surface area contributed by atoms with Gasteiger partial charge in [-0.2, -0.15) is 0 Å². The first kappa shape index (κ1) is 24.0. The molecule has 8 heteroatoms. The predicted octanol–water partition coefficient (Wildman–Crippen LogP) is 3.08. The largest absolute Gasteiger partial charge is 0.492 e. The lowest BCUT2D eigenvalue weighted by atomic mass is 9.93. The van der Waals surface area contributed by atoms with Crippen LogP contribution in [0.3, 0.4) is 0 Å². The average Bonchev–Trinajstić information content (AvgIpc) is 3.38. The molecule has 2 N–H and O–H groups in total. The molecule has 0 bridgehead atoms. The number of carbonyl (C=O) groups excluding carboxylic acids is 1. The van der Waals surface area contributed by atoms with Crippen molar-refractivity contribution in [1.82, 2.24) is 10.2 Å². The van der Waals surface area contributed by atoms with Crippen molar-refractivity contribution >= 4 is 24.3 Å². The third kappa shape index (κ3) is 4.90. The molecule has 2 fully saturated rings. The molecule has 0 aromatic heterocycles. The quantitative estimate of drug-likeness (QED) is 0.598. The van der Waals surface area contributed by atoms with Gasteiger partial charge in [0.25, 0.3) is 0 Å². The van der Waals surface area contributed by atoms with Crippen LogP contribution in [0.5, 0.6) is 5.75 Å². The molecule has 1 aliphatic heterocycles. The number of carbonyl (C=O) groups is 2. The predicted molar refractivity (Wildman–Crippen MR) is 122 cm³/mol. The van der Waals surface area contributed by atoms with Gasteiger partial charge in [0, 0.05) is 19.6 Å². The maximum atomic E-state index is 13.5. The molecular weight excluding hydrogens is 432 g/mol. The Hall–Kier alpha value is -2.61. The standard InChI is InChI=1S/C24H28N2O5.ClH/c1-26(14-16-31-20-5-3-2-4-6-20)24(13-15-30-17-24)22(29)25-23(11-12-23)19-9-7-18(8-10-19)21(27)28;/h2-10H,11-17H2,1H3,(H,25,29)(H,27,28);1H. The summed E-state index contributed by atoms with van der Waals surface area (Å²) in [6, 6.07) is 16.4. The molecule has 1 saturated heterocycles. The van der Waals surface area contributed by atoms with E-state index >= 15 is 0 Å². The molecule has 1 unspecified atom stereocenters. The summed E-state index contributed by atoms with van der Waals surface area (Å²) in [7, 11) is 1.93. The number of nitrogens with one attached hydrogen (secondary N) is 1. The second kappa shape index (κ2) is 9.90. The number of carboxylic acid groups (broad SMARTS) is 1. The van der Waals surface area contributed by atoms with Crippen LogP contribution in [0.15, 0.2) is 54.6 Å². The molecule has 1 atom stereocenters. The number of ether oxygens (including phenoxy) is 2. The van der Waals surface area contributed by atoms with E-state index in [1.54, 1.807) is 24.3 Å². The highest BCUT2D eigenvalue weighted by molar-refractivity contribution is 5.89. The minimum atomic E-state index is -0.957. The molecule has 1 saturated carbocycles. The van der Waals surface area contributed by atoms with Gasteiger partial charge in [-0.15, -0.1) is 12.4 Å². The van der Waals surface area contributed by atoms with Crippen LogP contribution in [-0.4, -0.2) is 60.8 Å². The van der Waals surface area contributed by atoms with Crippen molar-refractivity contribution in [3.05, 3.63) is 65.7 Å². The van der Waals surface area contributed by atoms with E-state index in [1.165, 1.54) is 0 Å². The number of likely N-dealkylation sites (N-methyl/N-ethyl adjacent to an activating group) is 1. The lowest BCUT2D eigenvalue weighted by Gasteiger charge is -2.37. The van der Waals surface area contributed by atoms with Crippen molar-refractivity contribution in [3.8, 4) is 5.75 Å². The normalized spacial score (nSPS) is 20.9. The molecule has 2 aliphatic rings. The van der Waals surface area contributed by atoms with Crippen molar-refractivity contribution < 1.29 is 24.2 Å². The molecule has 2 aromatic rings. The van der Waals surface area contributed by atoms with Crippen LogP contribution >= 0.6 is 12.4 Å². The number of benzene rings is 2. The average molecular weight is 461 g/mol. The van der Waals surface area contributed by atoms with E-state index in [0.29, 0.717) is 32.8 Å². The number of nitrogens with zero attached hydrogens (tertiary/aromatic N) is 1. The highest BCUT2D eigenvalue weighted by atomic mass is 35.5. The van der Waals surface area contributed by atoms with Crippen molar-refractivity contribution in [2.45, 2.75) is 30.3 Å². The number of aromatic carboxylic acids is 1. The summed E-state index contributed by atoms with van der Waals surface area (Å²) in [5.41, 5.74) is 0.0153. The SMILES string of the molecule is CN(CCOc1ccccc1)C1(C(=O)NC2(c3ccc(C(=O)O)cc3)CC2)CCOC1.Cl. The number of hydrogen-bond donors (Lipinski definition) is 2. The Bertz CT molecular complexity index is 925. The molecular formula is C24H29ClN2O5. The van der Waals surface area contributed by atoms with Crippen LogP contribution in [0.2, 0.25) is 0 Å². The molecule has 0 spiro atoms.